The van der Waals surface area contributed by atoms with Crippen LogP contribution in [-0.2, 0) is 22.6 Å². The number of amides is 2. The Labute approximate surface area is 191 Å². The van der Waals surface area contributed by atoms with E-state index in [2.05, 4.69) is 6.07 Å². The largest absolute Gasteiger partial charge is 0.454 e. The predicted octanol–water partition coefficient (Wildman–Crippen LogP) is 4.15. The van der Waals surface area contributed by atoms with Crippen molar-refractivity contribution in [1.82, 2.24) is 4.90 Å². The van der Waals surface area contributed by atoms with Crippen LogP contribution in [0.15, 0.2) is 78.5 Å². The fourth-order valence-corrected chi connectivity index (χ4v) is 4.81. The molecule has 0 unspecified atom stereocenters. The van der Waals surface area contributed by atoms with Gasteiger partial charge in [0, 0.05) is 12.2 Å². The van der Waals surface area contributed by atoms with E-state index in [1.807, 2.05) is 71.6 Å². The van der Waals surface area contributed by atoms with E-state index >= 15 is 0 Å². The number of carbonyl (C=O) groups excluding carboxylic acids is 2. The smallest absolute Gasteiger partial charge is 0.278 e. The Kier molecular flexibility index (Phi) is 4.64. The van der Waals surface area contributed by atoms with Crippen LogP contribution in [0.25, 0.3) is 5.57 Å². The summed E-state index contributed by atoms with van der Waals surface area (Å²) in [5.41, 5.74) is 4.67. The van der Waals surface area contributed by atoms with Crippen LogP contribution in [0.4, 0.5) is 5.69 Å². The van der Waals surface area contributed by atoms with E-state index in [0.717, 1.165) is 29.7 Å². The van der Waals surface area contributed by atoms with Crippen LogP contribution in [0.5, 0.6) is 11.5 Å². The number of aryl methyl sites for hydroxylation is 1. The number of anilines is 1. The van der Waals surface area contributed by atoms with Gasteiger partial charge in [0.15, 0.2) is 11.5 Å². The molecule has 3 aliphatic rings. The van der Waals surface area contributed by atoms with Crippen molar-refractivity contribution < 1.29 is 19.1 Å². The lowest BCUT2D eigenvalue weighted by molar-refractivity contribution is -0.137. The molecule has 0 N–H and O–H groups in total. The van der Waals surface area contributed by atoms with Crippen LogP contribution in [-0.4, -0.2) is 30.1 Å². The van der Waals surface area contributed by atoms with Gasteiger partial charge in [-0.25, -0.2) is 0 Å². The van der Waals surface area contributed by atoms with E-state index in [0.29, 0.717) is 29.3 Å². The third-order valence-corrected chi connectivity index (χ3v) is 6.36. The fraction of sp³-hybridized carbons (Fsp3) is 0.185. The molecule has 0 atom stereocenters. The lowest BCUT2D eigenvalue weighted by Crippen LogP contribution is -2.36. The van der Waals surface area contributed by atoms with Gasteiger partial charge in [0.1, 0.15) is 5.70 Å². The van der Waals surface area contributed by atoms with Crippen molar-refractivity contribution in [1.29, 1.82) is 0 Å². The van der Waals surface area contributed by atoms with Crippen molar-refractivity contribution >= 4 is 23.1 Å². The molecule has 6 nitrogen and oxygen atoms in total. The van der Waals surface area contributed by atoms with Crippen LogP contribution in [0, 0.1) is 0 Å². The zero-order chi connectivity index (χ0) is 22.4. The quantitative estimate of drug-likeness (QED) is 0.573. The van der Waals surface area contributed by atoms with Crippen LogP contribution >= 0.6 is 0 Å². The molecule has 3 aliphatic heterocycles. The zero-order valence-electron chi connectivity index (χ0n) is 18.0. The van der Waals surface area contributed by atoms with Crippen molar-refractivity contribution in [3.05, 3.63) is 95.2 Å². The first-order valence-corrected chi connectivity index (χ1v) is 11.1. The lowest BCUT2D eigenvalue weighted by atomic mass is 9.98. The van der Waals surface area contributed by atoms with Gasteiger partial charge in [-0.1, -0.05) is 54.6 Å². The van der Waals surface area contributed by atoms with Crippen molar-refractivity contribution in [2.24, 2.45) is 0 Å². The number of benzene rings is 3. The van der Waals surface area contributed by atoms with Gasteiger partial charge in [-0.05, 0) is 47.7 Å². The molecule has 164 valence electrons. The average molecular weight is 438 g/mol. The van der Waals surface area contributed by atoms with E-state index in [4.69, 9.17) is 9.47 Å². The second-order valence-electron chi connectivity index (χ2n) is 8.36. The molecule has 0 saturated carbocycles. The summed E-state index contributed by atoms with van der Waals surface area (Å²) in [6.07, 6.45) is 1.88. The SMILES string of the molecule is O=C1C(c2ccccc2)=C(N2CCCc3ccccc32)C(=O)N1Cc1ccc2c(c1)OCO2. The molecule has 0 radical (unpaired) electrons. The summed E-state index contributed by atoms with van der Waals surface area (Å²) in [5, 5.41) is 0. The molecule has 6 heteroatoms. The Morgan fingerprint density at radius 3 is 2.48 bits per heavy atom. The van der Waals surface area contributed by atoms with Crippen LogP contribution in [0.2, 0.25) is 0 Å². The summed E-state index contributed by atoms with van der Waals surface area (Å²) in [7, 11) is 0. The molecule has 0 aliphatic carbocycles. The van der Waals surface area contributed by atoms with Gasteiger partial charge < -0.3 is 14.4 Å². The molecule has 3 heterocycles. The second kappa shape index (κ2) is 7.81. The first-order valence-electron chi connectivity index (χ1n) is 11.1. The van der Waals surface area contributed by atoms with Crippen molar-refractivity contribution in [2.45, 2.75) is 19.4 Å². The normalized spacial score (nSPS) is 17.1. The maximum atomic E-state index is 13.8. The highest BCUT2D eigenvalue weighted by atomic mass is 16.7. The number of imide groups is 1. The Morgan fingerprint density at radius 1 is 0.818 bits per heavy atom. The minimum atomic E-state index is -0.276. The number of para-hydroxylation sites is 1. The number of carbonyl (C=O) groups is 2. The number of hydrogen-bond acceptors (Lipinski definition) is 5. The van der Waals surface area contributed by atoms with E-state index in [-0.39, 0.29) is 25.2 Å². The van der Waals surface area contributed by atoms with Gasteiger partial charge in [-0.2, -0.15) is 0 Å². The van der Waals surface area contributed by atoms with E-state index < -0.39 is 0 Å². The number of ether oxygens (including phenoxy) is 2. The fourth-order valence-electron chi connectivity index (χ4n) is 4.81. The molecule has 2 amide bonds. The molecule has 3 aromatic rings. The monoisotopic (exact) mass is 438 g/mol. The first-order chi connectivity index (χ1) is 16.2. The van der Waals surface area contributed by atoms with Crippen molar-refractivity contribution in [3.8, 4) is 11.5 Å². The van der Waals surface area contributed by atoms with E-state index in [1.165, 1.54) is 10.5 Å². The standard InChI is InChI=1S/C27H22N2O4/c30-26-24(20-8-2-1-3-9-20)25(28-14-6-10-19-7-4-5-11-21(19)28)27(31)29(26)16-18-12-13-22-23(15-18)33-17-32-22/h1-5,7-9,11-13,15H,6,10,14,16-17H2. The van der Waals surface area contributed by atoms with Gasteiger partial charge in [-0.15, -0.1) is 0 Å². The molecule has 3 aromatic carbocycles. The van der Waals surface area contributed by atoms with Crippen molar-refractivity contribution in [3.63, 3.8) is 0 Å². The van der Waals surface area contributed by atoms with Gasteiger partial charge in [0.05, 0.1) is 12.1 Å². The average Bonchev–Trinajstić information content (AvgIpc) is 3.42. The maximum Gasteiger partial charge on any atom is 0.278 e. The Morgan fingerprint density at radius 2 is 1.61 bits per heavy atom. The summed E-state index contributed by atoms with van der Waals surface area (Å²) in [5.74, 6) is 0.759. The topological polar surface area (TPSA) is 59.1 Å². The summed E-state index contributed by atoms with van der Waals surface area (Å²) in [4.78, 5) is 30.8. The third kappa shape index (κ3) is 3.26. The number of rotatable bonds is 4. The molecular formula is C27H22N2O4. The molecule has 0 saturated heterocycles. The molecule has 0 aromatic heterocycles. The van der Waals surface area contributed by atoms with Crippen LogP contribution in [0.1, 0.15) is 23.1 Å². The predicted molar refractivity (Wildman–Crippen MR) is 124 cm³/mol. The molecule has 33 heavy (non-hydrogen) atoms. The highest BCUT2D eigenvalue weighted by molar-refractivity contribution is 6.36. The highest BCUT2D eigenvalue weighted by Gasteiger charge is 2.42. The number of nitrogens with zero attached hydrogens (tertiary/aromatic N) is 2. The Balaban J connectivity index is 1.42. The summed E-state index contributed by atoms with van der Waals surface area (Å²) >= 11 is 0. The van der Waals surface area contributed by atoms with E-state index in [9.17, 15) is 9.59 Å². The minimum absolute atomic E-state index is 0.170. The molecule has 0 spiro atoms. The Hall–Kier alpha value is -4.06. The van der Waals surface area contributed by atoms with Gasteiger partial charge in [0.25, 0.3) is 11.8 Å². The Bertz CT molecular complexity index is 1300. The second-order valence-corrected chi connectivity index (χ2v) is 8.36. The summed E-state index contributed by atoms with van der Waals surface area (Å²) in [6, 6.07) is 23.1. The molecule has 0 fully saturated rings. The summed E-state index contributed by atoms with van der Waals surface area (Å²) < 4.78 is 10.9. The van der Waals surface area contributed by atoms with E-state index in [1.54, 1.807) is 0 Å². The van der Waals surface area contributed by atoms with Crippen molar-refractivity contribution in [2.75, 3.05) is 18.2 Å². The van der Waals surface area contributed by atoms with Gasteiger partial charge in [-0.3, -0.25) is 14.5 Å². The molecule has 0 bridgehead atoms. The molecule has 6 rings (SSSR count). The zero-order valence-corrected chi connectivity index (χ0v) is 18.0. The van der Waals surface area contributed by atoms with Gasteiger partial charge in [0.2, 0.25) is 6.79 Å². The third-order valence-electron chi connectivity index (χ3n) is 6.36. The van der Waals surface area contributed by atoms with Crippen LogP contribution < -0.4 is 14.4 Å². The summed E-state index contributed by atoms with van der Waals surface area (Å²) in [6.45, 7) is 1.04. The number of fused-ring (bicyclic) bond motifs is 2. The first kappa shape index (κ1) is 19.6. The molecular weight excluding hydrogens is 416 g/mol. The number of hydrogen-bond donors (Lipinski definition) is 0. The van der Waals surface area contributed by atoms with Crippen LogP contribution in [0.3, 0.4) is 0 Å². The van der Waals surface area contributed by atoms with Gasteiger partial charge >= 0.3 is 0 Å². The highest BCUT2D eigenvalue weighted by Crippen LogP contribution is 2.39. The maximum absolute atomic E-state index is 13.8. The lowest BCUT2D eigenvalue weighted by Gasteiger charge is -2.32. The minimum Gasteiger partial charge on any atom is -0.454 e.